The minimum Gasteiger partial charge on any atom is -0.494 e. The summed E-state index contributed by atoms with van der Waals surface area (Å²) in [5.74, 6) is 2.31. The number of anilines is 1. The van der Waals surface area contributed by atoms with Crippen LogP contribution in [0.15, 0.2) is 54.6 Å². The van der Waals surface area contributed by atoms with Crippen LogP contribution >= 0.6 is 7.52 Å². The molecule has 0 aromatic heterocycles. The van der Waals surface area contributed by atoms with Crippen LogP contribution in [0.1, 0.15) is 47.0 Å². The Morgan fingerprint density at radius 3 is 2.38 bits per heavy atom. The maximum absolute atomic E-state index is 14.2. The molecule has 0 unspecified atom stereocenters. The second-order valence-corrected chi connectivity index (χ2v) is 10.5. The Bertz CT molecular complexity index is 807. The van der Waals surface area contributed by atoms with E-state index in [4.69, 9.17) is 9.26 Å². The highest BCUT2D eigenvalue weighted by molar-refractivity contribution is 7.68. The summed E-state index contributed by atoms with van der Waals surface area (Å²) >= 11 is 0. The lowest BCUT2D eigenvalue weighted by atomic mass is 9.75. The van der Waals surface area contributed by atoms with E-state index in [0.717, 1.165) is 24.3 Å². The first kappa shape index (κ1) is 21.9. The van der Waals surface area contributed by atoms with Gasteiger partial charge in [-0.1, -0.05) is 45.4 Å². The Balaban J connectivity index is 1.88. The molecular weight excluding hydrogens is 381 g/mol. The third-order valence-electron chi connectivity index (χ3n) is 5.78. The van der Waals surface area contributed by atoms with Crippen molar-refractivity contribution in [3.8, 4) is 5.75 Å². The number of benzene rings is 2. The lowest BCUT2D eigenvalue weighted by molar-refractivity contribution is 0.0506. The largest absolute Gasteiger partial charge is 0.494 e. The van der Waals surface area contributed by atoms with Gasteiger partial charge in [0, 0.05) is 5.69 Å². The fourth-order valence-electron chi connectivity index (χ4n) is 4.16. The van der Waals surface area contributed by atoms with Gasteiger partial charge in [-0.3, -0.25) is 4.57 Å². The molecule has 158 valence electrons. The Morgan fingerprint density at radius 1 is 1.07 bits per heavy atom. The standard InChI is InChI=1S/C24H34NO3P/c1-5-27-21-14-12-20(13-15-21)25-29(26,22-9-7-6-8-10-22)28-24-17-19(4)11-16-23(24)18(2)3/h6-10,12-15,18-19,23-24H,5,11,16-17H2,1-4H3,(H,25,26)/t19-,23+,24-,29-/m1/s1. The summed E-state index contributed by atoms with van der Waals surface area (Å²) in [6, 6.07) is 17.1. The van der Waals surface area contributed by atoms with Gasteiger partial charge in [-0.15, -0.1) is 0 Å². The number of hydrogen-bond donors (Lipinski definition) is 1. The van der Waals surface area contributed by atoms with Gasteiger partial charge in [0.25, 0.3) is 0 Å². The van der Waals surface area contributed by atoms with E-state index < -0.39 is 7.52 Å². The van der Waals surface area contributed by atoms with Crippen LogP contribution in [0.5, 0.6) is 5.75 Å². The van der Waals surface area contributed by atoms with Gasteiger partial charge in [0.15, 0.2) is 0 Å². The van der Waals surface area contributed by atoms with Crippen molar-refractivity contribution in [3.63, 3.8) is 0 Å². The van der Waals surface area contributed by atoms with Crippen LogP contribution in [0.4, 0.5) is 5.69 Å². The van der Waals surface area contributed by atoms with Crippen LogP contribution in [-0.4, -0.2) is 12.7 Å². The first-order valence-corrected chi connectivity index (χ1v) is 12.4. The zero-order chi connectivity index (χ0) is 20.9. The Morgan fingerprint density at radius 2 is 1.76 bits per heavy atom. The van der Waals surface area contributed by atoms with Gasteiger partial charge in [-0.05, 0) is 73.9 Å². The highest BCUT2D eigenvalue weighted by atomic mass is 31.2. The Hall–Kier alpha value is -1.77. The summed E-state index contributed by atoms with van der Waals surface area (Å²) in [4.78, 5) is 0. The lowest BCUT2D eigenvalue weighted by Crippen LogP contribution is -2.35. The molecule has 1 fully saturated rings. The molecule has 0 radical (unpaired) electrons. The first-order chi connectivity index (χ1) is 13.9. The van der Waals surface area contributed by atoms with Gasteiger partial charge in [-0.2, -0.15) is 0 Å². The van der Waals surface area contributed by atoms with Gasteiger partial charge >= 0.3 is 7.52 Å². The second-order valence-electron chi connectivity index (χ2n) is 8.43. The van der Waals surface area contributed by atoms with E-state index in [1.54, 1.807) is 0 Å². The molecular formula is C24H34NO3P. The van der Waals surface area contributed by atoms with Crippen molar-refractivity contribution in [2.24, 2.45) is 17.8 Å². The van der Waals surface area contributed by atoms with Crippen LogP contribution in [0, 0.1) is 17.8 Å². The lowest BCUT2D eigenvalue weighted by Gasteiger charge is -2.39. The van der Waals surface area contributed by atoms with Gasteiger partial charge < -0.3 is 14.3 Å². The van der Waals surface area contributed by atoms with E-state index in [1.807, 2.05) is 61.5 Å². The minimum atomic E-state index is -3.29. The summed E-state index contributed by atoms with van der Waals surface area (Å²) < 4.78 is 26.2. The van der Waals surface area contributed by atoms with Gasteiger partial charge in [0.1, 0.15) is 5.75 Å². The van der Waals surface area contributed by atoms with Crippen molar-refractivity contribution < 1.29 is 13.8 Å². The minimum absolute atomic E-state index is 0.0139. The third kappa shape index (κ3) is 5.65. The molecule has 1 N–H and O–H groups in total. The molecule has 2 aromatic rings. The van der Waals surface area contributed by atoms with Crippen molar-refractivity contribution >= 4 is 18.5 Å². The Kier molecular flexibility index (Phi) is 7.43. The molecule has 0 aliphatic heterocycles. The molecule has 4 atom stereocenters. The SMILES string of the molecule is CCOc1ccc(N[P@](=O)(O[C@@H]2C[C@H](C)CC[C@H]2C(C)C)c2ccccc2)cc1. The fourth-order valence-corrected chi connectivity index (χ4v) is 6.15. The van der Waals surface area contributed by atoms with Gasteiger partial charge in [-0.25, -0.2) is 0 Å². The number of hydrogen-bond acceptors (Lipinski definition) is 3. The molecule has 0 saturated heterocycles. The van der Waals surface area contributed by atoms with E-state index in [9.17, 15) is 4.57 Å². The van der Waals surface area contributed by atoms with Crippen molar-refractivity contribution in [3.05, 3.63) is 54.6 Å². The molecule has 3 rings (SSSR count). The number of rotatable bonds is 8. The average Bonchev–Trinajstić information content (AvgIpc) is 2.70. The molecule has 4 nitrogen and oxygen atoms in total. The molecule has 1 aliphatic rings. The van der Waals surface area contributed by atoms with Crippen molar-refractivity contribution in [1.82, 2.24) is 0 Å². The predicted molar refractivity (Wildman–Crippen MR) is 121 cm³/mol. The molecule has 5 heteroatoms. The van der Waals surface area contributed by atoms with E-state index in [0.29, 0.717) is 29.7 Å². The molecule has 0 bridgehead atoms. The second kappa shape index (κ2) is 9.82. The van der Waals surface area contributed by atoms with Crippen LogP contribution in [0.3, 0.4) is 0 Å². The summed E-state index contributed by atoms with van der Waals surface area (Å²) in [6.45, 7) is 9.32. The predicted octanol–water partition coefficient (Wildman–Crippen LogP) is 6.49. The molecule has 0 heterocycles. The van der Waals surface area contributed by atoms with E-state index in [2.05, 4.69) is 25.9 Å². The van der Waals surface area contributed by atoms with Crippen LogP contribution in [0.25, 0.3) is 0 Å². The van der Waals surface area contributed by atoms with Gasteiger partial charge in [0.2, 0.25) is 0 Å². The molecule has 1 aliphatic carbocycles. The van der Waals surface area contributed by atoms with E-state index >= 15 is 0 Å². The summed E-state index contributed by atoms with van der Waals surface area (Å²) in [7, 11) is -3.29. The topological polar surface area (TPSA) is 47.6 Å². The average molecular weight is 416 g/mol. The highest BCUT2D eigenvalue weighted by Crippen LogP contribution is 2.51. The van der Waals surface area contributed by atoms with E-state index in [-0.39, 0.29) is 6.10 Å². The van der Waals surface area contributed by atoms with Crippen molar-refractivity contribution in [2.75, 3.05) is 11.7 Å². The summed E-state index contributed by atoms with van der Waals surface area (Å²) in [5.41, 5.74) is 0.769. The highest BCUT2D eigenvalue weighted by Gasteiger charge is 2.38. The molecule has 1 saturated carbocycles. The maximum atomic E-state index is 14.2. The summed E-state index contributed by atoms with van der Waals surface area (Å²) in [6.07, 6.45) is 3.27. The number of nitrogens with one attached hydrogen (secondary N) is 1. The van der Waals surface area contributed by atoms with Crippen molar-refractivity contribution in [2.45, 2.75) is 53.1 Å². The van der Waals surface area contributed by atoms with E-state index in [1.165, 1.54) is 6.42 Å². The maximum Gasteiger partial charge on any atom is 0.324 e. The summed E-state index contributed by atoms with van der Waals surface area (Å²) in [5, 5.41) is 3.94. The van der Waals surface area contributed by atoms with Gasteiger partial charge in [0.05, 0.1) is 18.0 Å². The first-order valence-electron chi connectivity index (χ1n) is 10.8. The molecule has 0 amide bonds. The third-order valence-corrected chi connectivity index (χ3v) is 7.88. The van der Waals surface area contributed by atoms with Crippen molar-refractivity contribution in [1.29, 1.82) is 0 Å². The zero-order valence-corrected chi connectivity index (χ0v) is 18.9. The Labute approximate surface area is 175 Å². The monoisotopic (exact) mass is 415 g/mol. The van der Waals surface area contributed by atoms with Crippen LogP contribution in [-0.2, 0) is 9.09 Å². The smallest absolute Gasteiger partial charge is 0.324 e. The molecule has 29 heavy (non-hydrogen) atoms. The molecule has 0 spiro atoms. The normalized spacial score (nSPS) is 24.1. The molecule has 2 aromatic carbocycles. The fraction of sp³-hybridized carbons (Fsp3) is 0.500. The zero-order valence-electron chi connectivity index (χ0n) is 18.0. The quantitative estimate of drug-likeness (QED) is 0.500. The number of ether oxygens (including phenoxy) is 1. The van der Waals surface area contributed by atoms with Crippen LogP contribution in [0.2, 0.25) is 0 Å². The van der Waals surface area contributed by atoms with Crippen LogP contribution < -0.4 is 15.1 Å².